The number of rotatable bonds is 8. The quantitative estimate of drug-likeness (QED) is 0.318. The molecule has 0 aromatic carbocycles. The first-order valence-corrected chi connectivity index (χ1v) is 10.9. The molecule has 1 saturated carbocycles. The SMILES string of the molecule is CN=C(NCC(C1CCCCC1)N(C)C)N(C)Cc1csc(C(C)OC)n1.I. The highest BCUT2D eigenvalue weighted by Crippen LogP contribution is 2.28. The predicted molar refractivity (Wildman–Crippen MR) is 130 cm³/mol. The van der Waals surface area contributed by atoms with Gasteiger partial charge in [0, 0.05) is 39.2 Å². The van der Waals surface area contributed by atoms with Gasteiger partial charge in [-0.05, 0) is 39.8 Å². The third-order valence-corrected chi connectivity index (χ3v) is 6.62. The van der Waals surface area contributed by atoms with Gasteiger partial charge in [0.15, 0.2) is 5.96 Å². The normalized spacial score (nSPS) is 17.9. The maximum atomic E-state index is 5.36. The van der Waals surface area contributed by atoms with E-state index >= 15 is 0 Å². The van der Waals surface area contributed by atoms with E-state index in [1.54, 1.807) is 18.4 Å². The lowest BCUT2D eigenvalue weighted by atomic mass is 9.83. The number of nitrogens with zero attached hydrogens (tertiary/aromatic N) is 4. The third kappa shape index (κ3) is 7.42. The average Bonchev–Trinajstić information content (AvgIpc) is 3.13. The van der Waals surface area contributed by atoms with Crippen LogP contribution in [0, 0.1) is 5.92 Å². The standard InChI is InChI=1S/C20H37N5OS.HI/c1-15(26-6)19-23-17(14-27-19)13-25(5)20(21-2)22-12-18(24(3)4)16-10-8-7-9-11-16;/h14-16,18H,7-13H2,1-6H3,(H,21,22);1H. The molecule has 1 N–H and O–H groups in total. The Morgan fingerprint density at radius 2 is 2.00 bits per heavy atom. The minimum atomic E-state index is 0. The summed E-state index contributed by atoms with van der Waals surface area (Å²) in [4.78, 5) is 13.7. The number of aliphatic imine (C=N–C) groups is 1. The second-order valence-electron chi connectivity index (χ2n) is 7.77. The van der Waals surface area contributed by atoms with Gasteiger partial charge in [0.2, 0.25) is 0 Å². The fourth-order valence-corrected chi connectivity index (χ4v) is 4.71. The zero-order chi connectivity index (χ0) is 19.8. The predicted octanol–water partition coefficient (Wildman–Crippen LogP) is 3.99. The van der Waals surface area contributed by atoms with Gasteiger partial charge in [0.25, 0.3) is 0 Å². The molecule has 0 amide bonds. The van der Waals surface area contributed by atoms with E-state index in [9.17, 15) is 0 Å². The Hall–Kier alpha value is -0.450. The van der Waals surface area contributed by atoms with Crippen molar-refractivity contribution in [2.24, 2.45) is 10.9 Å². The molecule has 8 heteroatoms. The van der Waals surface area contributed by atoms with Gasteiger partial charge in [0.1, 0.15) is 11.1 Å². The first-order chi connectivity index (χ1) is 13.0. The first kappa shape index (κ1) is 25.6. The molecule has 1 aromatic heterocycles. The van der Waals surface area contributed by atoms with Crippen molar-refractivity contribution in [2.45, 2.75) is 57.7 Å². The topological polar surface area (TPSA) is 53.0 Å². The van der Waals surface area contributed by atoms with Crippen LogP contribution in [0.2, 0.25) is 0 Å². The second-order valence-corrected chi connectivity index (χ2v) is 8.66. The van der Waals surface area contributed by atoms with E-state index in [4.69, 9.17) is 9.72 Å². The molecule has 1 aliphatic carbocycles. The highest BCUT2D eigenvalue weighted by molar-refractivity contribution is 14.0. The number of guanidine groups is 1. The molecule has 1 aromatic rings. The summed E-state index contributed by atoms with van der Waals surface area (Å²) >= 11 is 1.65. The van der Waals surface area contributed by atoms with Gasteiger partial charge in [-0.15, -0.1) is 35.3 Å². The van der Waals surface area contributed by atoms with E-state index in [0.717, 1.165) is 35.7 Å². The van der Waals surface area contributed by atoms with E-state index in [1.807, 2.05) is 14.0 Å². The Kier molecular flexibility index (Phi) is 11.9. The Bertz CT molecular complexity index is 589. The molecule has 6 nitrogen and oxygen atoms in total. The van der Waals surface area contributed by atoms with Gasteiger partial charge in [-0.25, -0.2) is 4.98 Å². The van der Waals surface area contributed by atoms with Crippen LogP contribution in [0.15, 0.2) is 10.4 Å². The number of likely N-dealkylation sites (N-methyl/N-ethyl adjacent to an activating group) is 1. The van der Waals surface area contributed by atoms with Crippen molar-refractivity contribution >= 4 is 41.3 Å². The van der Waals surface area contributed by atoms with Crippen molar-refractivity contribution in [1.29, 1.82) is 0 Å². The van der Waals surface area contributed by atoms with Gasteiger partial charge in [-0.3, -0.25) is 4.99 Å². The van der Waals surface area contributed by atoms with Crippen molar-refractivity contribution in [3.63, 3.8) is 0 Å². The number of halogens is 1. The maximum absolute atomic E-state index is 5.36. The van der Waals surface area contributed by atoms with Crippen LogP contribution in [0.5, 0.6) is 0 Å². The van der Waals surface area contributed by atoms with Crippen LogP contribution in [0.4, 0.5) is 0 Å². The fraction of sp³-hybridized carbons (Fsp3) is 0.800. The zero-order valence-electron chi connectivity index (χ0n) is 18.3. The Morgan fingerprint density at radius 3 is 2.57 bits per heavy atom. The first-order valence-electron chi connectivity index (χ1n) is 10.0. The maximum Gasteiger partial charge on any atom is 0.193 e. The molecule has 2 unspecified atom stereocenters. The number of thiazole rings is 1. The summed E-state index contributed by atoms with van der Waals surface area (Å²) in [6, 6.07) is 0.545. The molecular weight excluding hydrogens is 485 g/mol. The number of aromatic nitrogens is 1. The lowest BCUT2D eigenvalue weighted by Gasteiger charge is -2.35. The molecule has 28 heavy (non-hydrogen) atoms. The van der Waals surface area contributed by atoms with Crippen LogP contribution in [0.3, 0.4) is 0 Å². The molecule has 1 aliphatic rings. The molecule has 0 aliphatic heterocycles. The van der Waals surface area contributed by atoms with Gasteiger partial charge in [-0.2, -0.15) is 0 Å². The van der Waals surface area contributed by atoms with Gasteiger partial charge in [-0.1, -0.05) is 19.3 Å². The molecule has 2 rings (SSSR count). The Labute approximate surface area is 192 Å². The van der Waals surface area contributed by atoms with Gasteiger partial charge in [0.05, 0.1) is 12.2 Å². The van der Waals surface area contributed by atoms with Crippen molar-refractivity contribution in [1.82, 2.24) is 20.1 Å². The molecular formula is C20H38IN5OS. The van der Waals surface area contributed by atoms with Crippen molar-refractivity contribution in [2.75, 3.05) is 41.8 Å². The minimum Gasteiger partial charge on any atom is -0.375 e. The monoisotopic (exact) mass is 523 g/mol. The molecule has 1 heterocycles. The van der Waals surface area contributed by atoms with Crippen LogP contribution in [0.25, 0.3) is 0 Å². The molecule has 0 spiro atoms. The van der Waals surface area contributed by atoms with Crippen molar-refractivity contribution < 1.29 is 4.74 Å². The highest BCUT2D eigenvalue weighted by Gasteiger charge is 2.25. The summed E-state index contributed by atoms with van der Waals surface area (Å²) < 4.78 is 5.36. The van der Waals surface area contributed by atoms with E-state index in [1.165, 1.54) is 32.1 Å². The van der Waals surface area contributed by atoms with Crippen LogP contribution in [-0.4, -0.2) is 68.6 Å². The Morgan fingerprint density at radius 1 is 1.32 bits per heavy atom. The summed E-state index contributed by atoms with van der Waals surface area (Å²) in [7, 11) is 10.0. The number of hydrogen-bond acceptors (Lipinski definition) is 5. The Balaban J connectivity index is 0.00000392. The van der Waals surface area contributed by atoms with Crippen molar-refractivity contribution in [3.05, 3.63) is 16.1 Å². The molecule has 1 fully saturated rings. The third-order valence-electron chi connectivity index (χ3n) is 5.57. The van der Waals surface area contributed by atoms with E-state index in [0.29, 0.717) is 6.04 Å². The van der Waals surface area contributed by atoms with E-state index in [2.05, 4.69) is 46.6 Å². The van der Waals surface area contributed by atoms with E-state index in [-0.39, 0.29) is 30.1 Å². The summed E-state index contributed by atoms with van der Waals surface area (Å²) in [5.41, 5.74) is 1.06. The summed E-state index contributed by atoms with van der Waals surface area (Å²) in [6.07, 6.45) is 6.87. The van der Waals surface area contributed by atoms with Crippen LogP contribution in [-0.2, 0) is 11.3 Å². The fourth-order valence-electron chi connectivity index (χ4n) is 3.87. The van der Waals surface area contributed by atoms with Crippen LogP contribution in [0.1, 0.15) is 55.8 Å². The average molecular weight is 524 g/mol. The molecule has 2 atom stereocenters. The largest absolute Gasteiger partial charge is 0.375 e. The number of hydrogen-bond donors (Lipinski definition) is 1. The number of methoxy groups -OCH3 is 1. The lowest BCUT2D eigenvalue weighted by Crippen LogP contribution is -2.48. The number of nitrogens with one attached hydrogen (secondary N) is 1. The molecule has 0 bridgehead atoms. The zero-order valence-corrected chi connectivity index (χ0v) is 21.4. The molecule has 162 valence electrons. The number of ether oxygens (including phenoxy) is 1. The summed E-state index contributed by atoms with van der Waals surface area (Å²) in [5.74, 6) is 1.70. The molecule has 0 radical (unpaired) electrons. The molecule has 0 saturated heterocycles. The smallest absolute Gasteiger partial charge is 0.193 e. The van der Waals surface area contributed by atoms with Gasteiger partial charge >= 0.3 is 0 Å². The minimum absolute atomic E-state index is 0. The second kappa shape index (κ2) is 13.0. The summed E-state index contributed by atoms with van der Waals surface area (Å²) in [6.45, 7) is 3.69. The van der Waals surface area contributed by atoms with Crippen molar-refractivity contribution in [3.8, 4) is 0 Å². The van der Waals surface area contributed by atoms with E-state index < -0.39 is 0 Å². The van der Waals surface area contributed by atoms with Gasteiger partial charge < -0.3 is 19.9 Å². The lowest BCUT2D eigenvalue weighted by molar-refractivity contribution is 0.119. The van der Waals surface area contributed by atoms with Crippen LogP contribution < -0.4 is 5.32 Å². The van der Waals surface area contributed by atoms with Crippen LogP contribution >= 0.6 is 35.3 Å². The summed E-state index contributed by atoms with van der Waals surface area (Å²) in [5, 5.41) is 6.73. The highest BCUT2D eigenvalue weighted by atomic mass is 127.